The van der Waals surface area contributed by atoms with Crippen molar-refractivity contribution in [2.45, 2.75) is 39.3 Å². The highest BCUT2D eigenvalue weighted by atomic mass is 16.5. The van der Waals surface area contributed by atoms with Gasteiger partial charge in [0.05, 0.1) is 14.2 Å². The van der Waals surface area contributed by atoms with Gasteiger partial charge in [-0.2, -0.15) is 0 Å². The smallest absolute Gasteiger partial charge is 0.275 e. The maximum Gasteiger partial charge on any atom is 0.275 e. The Morgan fingerprint density at radius 1 is 1.30 bits per heavy atom. The van der Waals surface area contributed by atoms with Crippen LogP contribution < -0.4 is 15.0 Å². The van der Waals surface area contributed by atoms with E-state index >= 15 is 0 Å². The normalized spacial score (nSPS) is 12.8. The molecule has 4 heteroatoms. The van der Waals surface area contributed by atoms with E-state index in [1.807, 2.05) is 45.2 Å². The van der Waals surface area contributed by atoms with E-state index < -0.39 is 0 Å². The summed E-state index contributed by atoms with van der Waals surface area (Å²) in [5, 5.41) is 3.06. The standard InChI is InChI=1S/C16H26N2O2/c1-6-16(2,3)17-15(19)12-18(4)11-13-7-9-14(20-5)10-8-13/h7-10H,6,11-12H2,1-5H3,(H,17,19)/p+1. The summed E-state index contributed by atoms with van der Waals surface area (Å²) in [5.74, 6) is 0.955. The molecule has 1 atom stereocenters. The number of methoxy groups -OCH3 is 1. The first kappa shape index (κ1) is 16.5. The Labute approximate surface area is 122 Å². The number of ether oxygens (including phenoxy) is 1. The highest BCUT2D eigenvalue weighted by Gasteiger charge is 2.20. The first-order valence-corrected chi connectivity index (χ1v) is 7.11. The molecule has 112 valence electrons. The van der Waals surface area contributed by atoms with Gasteiger partial charge in [-0.3, -0.25) is 4.79 Å². The second kappa shape index (κ2) is 7.29. The summed E-state index contributed by atoms with van der Waals surface area (Å²) in [6.45, 7) is 7.47. The first-order chi connectivity index (χ1) is 9.36. The van der Waals surface area contributed by atoms with Crippen LogP contribution in [0.2, 0.25) is 0 Å². The van der Waals surface area contributed by atoms with Crippen LogP contribution in [0.15, 0.2) is 24.3 Å². The van der Waals surface area contributed by atoms with E-state index in [1.54, 1.807) is 7.11 Å². The minimum Gasteiger partial charge on any atom is -0.497 e. The van der Waals surface area contributed by atoms with E-state index in [2.05, 4.69) is 12.2 Å². The third-order valence-corrected chi connectivity index (χ3v) is 3.49. The molecule has 0 bridgehead atoms. The van der Waals surface area contributed by atoms with Crippen LogP contribution in [0.3, 0.4) is 0 Å². The van der Waals surface area contributed by atoms with Crippen LogP contribution >= 0.6 is 0 Å². The Balaban J connectivity index is 2.46. The van der Waals surface area contributed by atoms with E-state index in [0.717, 1.165) is 18.7 Å². The number of hydrogen-bond acceptors (Lipinski definition) is 2. The minimum atomic E-state index is -0.128. The summed E-state index contributed by atoms with van der Waals surface area (Å²) < 4.78 is 5.13. The van der Waals surface area contributed by atoms with Crippen molar-refractivity contribution < 1.29 is 14.4 Å². The quantitative estimate of drug-likeness (QED) is 0.782. The molecule has 0 spiro atoms. The van der Waals surface area contributed by atoms with Crippen molar-refractivity contribution in [1.82, 2.24) is 5.32 Å². The molecule has 1 aromatic carbocycles. The molecule has 0 saturated carbocycles. The maximum absolute atomic E-state index is 12.0. The monoisotopic (exact) mass is 279 g/mol. The Kier molecular flexibility index (Phi) is 6.02. The van der Waals surface area contributed by atoms with E-state index in [4.69, 9.17) is 4.74 Å². The van der Waals surface area contributed by atoms with Crippen LogP contribution in [0.25, 0.3) is 0 Å². The van der Waals surface area contributed by atoms with Crippen LogP contribution in [-0.4, -0.2) is 32.1 Å². The molecule has 0 aromatic heterocycles. The number of hydrogen-bond donors (Lipinski definition) is 2. The van der Waals surface area contributed by atoms with Crippen molar-refractivity contribution in [3.8, 4) is 5.75 Å². The predicted molar refractivity (Wildman–Crippen MR) is 81.0 cm³/mol. The lowest BCUT2D eigenvalue weighted by Crippen LogP contribution is -3.09. The van der Waals surface area contributed by atoms with Crippen LogP contribution in [0.4, 0.5) is 0 Å². The Morgan fingerprint density at radius 2 is 1.90 bits per heavy atom. The Bertz CT molecular complexity index is 427. The molecular formula is C16H27N2O2+. The molecule has 0 radical (unpaired) electrons. The summed E-state index contributed by atoms with van der Waals surface area (Å²) in [6, 6.07) is 7.97. The van der Waals surface area contributed by atoms with Gasteiger partial charge < -0.3 is 15.0 Å². The van der Waals surface area contributed by atoms with Crippen LogP contribution in [0.1, 0.15) is 32.8 Å². The summed E-state index contributed by atoms with van der Waals surface area (Å²) >= 11 is 0. The average molecular weight is 279 g/mol. The number of nitrogens with one attached hydrogen (secondary N) is 2. The fourth-order valence-corrected chi connectivity index (χ4v) is 1.94. The second-order valence-electron chi connectivity index (χ2n) is 5.94. The largest absolute Gasteiger partial charge is 0.497 e. The molecule has 4 nitrogen and oxygen atoms in total. The van der Waals surface area contributed by atoms with E-state index in [9.17, 15) is 4.79 Å². The van der Waals surface area contributed by atoms with Crippen molar-refractivity contribution in [1.29, 1.82) is 0 Å². The van der Waals surface area contributed by atoms with Gasteiger partial charge in [0.2, 0.25) is 0 Å². The molecule has 20 heavy (non-hydrogen) atoms. The van der Waals surface area contributed by atoms with Gasteiger partial charge in [-0.1, -0.05) is 6.92 Å². The number of quaternary nitrogens is 1. The van der Waals surface area contributed by atoms with E-state index in [1.165, 1.54) is 10.5 Å². The number of carbonyl (C=O) groups excluding carboxylic acids is 1. The van der Waals surface area contributed by atoms with Crippen molar-refractivity contribution >= 4 is 5.91 Å². The number of rotatable bonds is 7. The van der Waals surface area contributed by atoms with Gasteiger partial charge >= 0.3 is 0 Å². The summed E-state index contributed by atoms with van der Waals surface area (Å²) in [4.78, 5) is 13.1. The molecule has 0 aliphatic heterocycles. The van der Waals surface area contributed by atoms with Crippen LogP contribution in [-0.2, 0) is 11.3 Å². The predicted octanol–water partition coefficient (Wildman–Crippen LogP) is 1.01. The molecule has 1 unspecified atom stereocenters. The van der Waals surface area contributed by atoms with Gasteiger partial charge in [0.25, 0.3) is 5.91 Å². The fourth-order valence-electron chi connectivity index (χ4n) is 1.94. The molecule has 0 fully saturated rings. The lowest BCUT2D eigenvalue weighted by molar-refractivity contribution is -0.885. The SMILES string of the molecule is CCC(C)(C)NC(=O)C[NH+](C)Cc1ccc(OC)cc1. The van der Waals surface area contributed by atoms with E-state index in [0.29, 0.717) is 6.54 Å². The third-order valence-electron chi connectivity index (χ3n) is 3.49. The molecule has 1 aromatic rings. The maximum atomic E-state index is 12.0. The zero-order chi connectivity index (χ0) is 15.2. The zero-order valence-electron chi connectivity index (χ0n) is 13.2. The second-order valence-corrected chi connectivity index (χ2v) is 5.94. The topological polar surface area (TPSA) is 42.8 Å². The molecule has 1 rings (SSSR count). The number of likely N-dealkylation sites (N-methyl/N-ethyl adjacent to an activating group) is 1. The average Bonchev–Trinajstić information content (AvgIpc) is 2.38. The third kappa shape index (κ3) is 5.61. The Hall–Kier alpha value is -1.55. The highest BCUT2D eigenvalue weighted by Crippen LogP contribution is 2.10. The lowest BCUT2D eigenvalue weighted by Gasteiger charge is -2.25. The van der Waals surface area contributed by atoms with Crippen LogP contribution in [0, 0.1) is 0 Å². The van der Waals surface area contributed by atoms with Gasteiger partial charge in [0, 0.05) is 11.1 Å². The van der Waals surface area contributed by atoms with Crippen LogP contribution in [0.5, 0.6) is 5.75 Å². The zero-order valence-corrected chi connectivity index (χ0v) is 13.2. The molecule has 1 amide bonds. The molecule has 0 heterocycles. The molecule has 0 saturated heterocycles. The van der Waals surface area contributed by atoms with E-state index in [-0.39, 0.29) is 11.4 Å². The minimum absolute atomic E-state index is 0.0999. The summed E-state index contributed by atoms with van der Waals surface area (Å²) in [5.41, 5.74) is 1.07. The van der Waals surface area contributed by atoms with Crippen molar-refractivity contribution in [2.75, 3.05) is 20.7 Å². The highest BCUT2D eigenvalue weighted by molar-refractivity contribution is 5.77. The van der Waals surface area contributed by atoms with Gasteiger partial charge in [-0.05, 0) is 44.5 Å². The lowest BCUT2D eigenvalue weighted by atomic mass is 10.0. The number of carbonyl (C=O) groups is 1. The number of benzene rings is 1. The fraction of sp³-hybridized carbons (Fsp3) is 0.562. The van der Waals surface area contributed by atoms with Gasteiger partial charge in [-0.25, -0.2) is 0 Å². The summed E-state index contributed by atoms with van der Waals surface area (Å²) in [7, 11) is 3.69. The molecule has 0 aliphatic rings. The van der Waals surface area contributed by atoms with Crippen molar-refractivity contribution in [3.63, 3.8) is 0 Å². The van der Waals surface area contributed by atoms with Crippen molar-refractivity contribution in [2.24, 2.45) is 0 Å². The van der Waals surface area contributed by atoms with Gasteiger partial charge in [-0.15, -0.1) is 0 Å². The Morgan fingerprint density at radius 3 is 2.40 bits per heavy atom. The molecule has 2 N–H and O–H groups in total. The van der Waals surface area contributed by atoms with Crippen molar-refractivity contribution in [3.05, 3.63) is 29.8 Å². The first-order valence-electron chi connectivity index (χ1n) is 7.11. The molecular weight excluding hydrogens is 252 g/mol. The van der Waals surface area contributed by atoms with Gasteiger partial charge in [0.1, 0.15) is 12.3 Å². The van der Waals surface area contributed by atoms with Gasteiger partial charge in [0.15, 0.2) is 6.54 Å². The summed E-state index contributed by atoms with van der Waals surface area (Å²) in [6.07, 6.45) is 0.927. The number of amides is 1. The molecule has 0 aliphatic carbocycles.